The van der Waals surface area contributed by atoms with Gasteiger partial charge >= 0.3 is 5.97 Å². The standard InChI is InChI=1S/C18H25NO5/c1-11(20)14-8-15(18(23-5)9-17(14)22-4)13-6-7-19(3)16(13)10-24-12(2)21/h8-9,13,16H,6-7,10H2,1-5H3. The number of hydrogen-bond acceptors (Lipinski definition) is 6. The Balaban J connectivity index is 2.43. The van der Waals surface area contributed by atoms with Crippen LogP contribution in [0.4, 0.5) is 0 Å². The van der Waals surface area contributed by atoms with Gasteiger partial charge in [0, 0.05) is 18.9 Å². The monoisotopic (exact) mass is 335 g/mol. The molecular formula is C18H25NO5. The van der Waals surface area contributed by atoms with E-state index in [9.17, 15) is 9.59 Å². The van der Waals surface area contributed by atoms with Gasteiger partial charge < -0.3 is 14.2 Å². The highest BCUT2D eigenvalue weighted by Gasteiger charge is 2.36. The molecule has 6 nitrogen and oxygen atoms in total. The smallest absolute Gasteiger partial charge is 0.302 e. The molecule has 0 spiro atoms. The number of carbonyl (C=O) groups is 2. The Morgan fingerprint density at radius 2 is 1.83 bits per heavy atom. The minimum absolute atomic E-state index is 0.0519. The number of Topliss-reactive ketones (excluding diaryl/α,β-unsaturated/α-hetero) is 1. The molecule has 0 aliphatic carbocycles. The van der Waals surface area contributed by atoms with Crippen molar-refractivity contribution in [1.29, 1.82) is 0 Å². The quantitative estimate of drug-likeness (QED) is 0.587. The molecule has 1 aromatic carbocycles. The molecule has 2 rings (SSSR count). The minimum Gasteiger partial charge on any atom is -0.496 e. The average molecular weight is 335 g/mol. The molecular weight excluding hydrogens is 310 g/mol. The van der Waals surface area contributed by atoms with Gasteiger partial charge in [0.15, 0.2) is 5.78 Å². The van der Waals surface area contributed by atoms with Gasteiger partial charge in [-0.25, -0.2) is 0 Å². The van der Waals surface area contributed by atoms with Gasteiger partial charge in [-0.1, -0.05) is 0 Å². The fourth-order valence-electron chi connectivity index (χ4n) is 3.31. The molecule has 1 aromatic rings. The number of ketones is 1. The number of ether oxygens (including phenoxy) is 3. The van der Waals surface area contributed by atoms with E-state index in [2.05, 4.69) is 4.90 Å². The van der Waals surface area contributed by atoms with Crippen molar-refractivity contribution in [2.75, 3.05) is 34.4 Å². The SMILES string of the molecule is COc1cc(OC)c(C2CCN(C)C2COC(C)=O)cc1C(C)=O. The van der Waals surface area contributed by atoms with E-state index in [-0.39, 0.29) is 23.7 Å². The van der Waals surface area contributed by atoms with Crippen molar-refractivity contribution in [2.45, 2.75) is 32.2 Å². The van der Waals surface area contributed by atoms with Crippen molar-refractivity contribution in [3.8, 4) is 11.5 Å². The average Bonchev–Trinajstić information content (AvgIpc) is 2.91. The molecule has 0 saturated carbocycles. The number of rotatable bonds is 6. The van der Waals surface area contributed by atoms with E-state index in [1.54, 1.807) is 13.2 Å². The Bertz CT molecular complexity index is 628. The summed E-state index contributed by atoms with van der Waals surface area (Å²) in [6.07, 6.45) is 0.905. The van der Waals surface area contributed by atoms with Crippen LogP contribution >= 0.6 is 0 Å². The summed E-state index contributed by atoms with van der Waals surface area (Å²) in [6, 6.07) is 3.66. The number of esters is 1. The fourth-order valence-corrected chi connectivity index (χ4v) is 3.31. The van der Waals surface area contributed by atoms with Gasteiger partial charge in [-0.15, -0.1) is 0 Å². The maximum Gasteiger partial charge on any atom is 0.302 e. The van der Waals surface area contributed by atoms with Crippen molar-refractivity contribution in [3.63, 3.8) is 0 Å². The molecule has 0 N–H and O–H groups in total. The highest BCUT2D eigenvalue weighted by atomic mass is 16.5. The van der Waals surface area contributed by atoms with Crippen LogP contribution in [0.1, 0.15) is 42.1 Å². The molecule has 2 atom stereocenters. The summed E-state index contributed by atoms with van der Waals surface area (Å²) in [5.41, 5.74) is 1.49. The number of nitrogens with zero attached hydrogens (tertiary/aromatic N) is 1. The summed E-state index contributed by atoms with van der Waals surface area (Å²) < 4.78 is 16.1. The van der Waals surface area contributed by atoms with Gasteiger partial charge in [-0.3, -0.25) is 14.5 Å². The van der Waals surface area contributed by atoms with Gasteiger partial charge in [-0.05, 0) is 38.6 Å². The van der Waals surface area contributed by atoms with Crippen LogP contribution in [-0.4, -0.2) is 57.1 Å². The zero-order valence-electron chi connectivity index (χ0n) is 14.9. The summed E-state index contributed by atoms with van der Waals surface area (Å²) in [5, 5.41) is 0. The lowest BCUT2D eigenvalue weighted by atomic mass is 9.89. The van der Waals surface area contributed by atoms with Crippen molar-refractivity contribution < 1.29 is 23.8 Å². The van der Waals surface area contributed by atoms with Gasteiger partial charge in [-0.2, -0.15) is 0 Å². The molecule has 24 heavy (non-hydrogen) atoms. The van der Waals surface area contributed by atoms with Crippen LogP contribution in [0.15, 0.2) is 12.1 Å². The second kappa shape index (κ2) is 7.66. The van der Waals surface area contributed by atoms with Gasteiger partial charge in [0.1, 0.15) is 18.1 Å². The summed E-state index contributed by atoms with van der Waals surface area (Å²) >= 11 is 0. The van der Waals surface area contributed by atoms with E-state index in [1.807, 2.05) is 13.1 Å². The van der Waals surface area contributed by atoms with Crippen LogP contribution < -0.4 is 9.47 Å². The largest absolute Gasteiger partial charge is 0.496 e. The molecule has 2 unspecified atom stereocenters. The Kier molecular flexibility index (Phi) is 5.83. The van der Waals surface area contributed by atoms with Gasteiger partial charge in [0.05, 0.1) is 25.8 Å². The molecule has 0 bridgehead atoms. The number of hydrogen-bond donors (Lipinski definition) is 0. The van der Waals surface area contributed by atoms with Crippen LogP contribution in [0.5, 0.6) is 11.5 Å². The molecule has 1 heterocycles. The molecule has 1 aliphatic heterocycles. The van der Waals surface area contributed by atoms with E-state index in [0.29, 0.717) is 23.7 Å². The molecule has 1 aliphatic rings. The maximum absolute atomic E-state index is 12.0. The third-order valence-electron chi connectivity index (χ3n) is 4.61. The number of likely N-dealkylation sites (N-methyl/N-ethyl adjacent to an activating group) is 1. The Morgan fingerprint density at radius 3 is 2.38 bits per heavy atom. The molecule has 132 valence electrons. The van der Waals surface area contributed by atoms with Crippen LogP contribution in [0.2, 0.25) is 0 Å². The first kappa shape index (κ1) is 18.3. The maximum atomic E-state index is 12.0. The summed E-state index contributed by atoms with van der Waals surface area (Å²) in [5.74, 6) is 0.961. The van der Waals surface area contributed by atoms with E-state index >= 15 is 0 Å². The third kappa shape index (κ3) is 3.70. The summed E-state index contributed by atoms with van der Waals surface area (Å²) in [4.78, 5) is 25.3. The number of carbonyl (C=O) groups excluding carboxylic acids is 2. The number of methoxy groups -OCH3 is 2. The van der Waals surface area contributed by atoms with Crippen molar-refractivity contribution >= 4 is 11.8 Å². The first-order valence-corrected chi connectivity index (χ1v) is 7.99. The zero-order valence-corrected chi connectivity index (χ0v) is 14.9. The van der Waals surface area contributed by atoms with Crippen LogP contribution in [0, 0.1) is 0 Å². The normalized spacial score (nSPS) is 20.7. The lowest BCUT2D eigenvalue weighted by Crippen LogP contribution is -2.34. The van der Waals surface area contributed by atoms with Crippen LogP contribution in [0.3, 0.4) is 0 Å². The highest BCUT2D eigenvalue weighted by Crippen LogP contribution is 2.40. The molecule has 0 amide bonds. The predicted molar refractivity (Wildman–Crippen MR) is 90.0 cm³/mol. The van der Waals surface area contributed by atoms with Crippen LogP contribution in [-0.2, 0) is 9.53 Å². The zero-order chi connectivity index (χ0) is 17.9. The van der Waals surface area contributed by atoms with Crippen LogP contribution in [0.25, 0.3) is 0 Å². The molecule has 0 radical (unpaired) electrons. The molecule has 1 fully saturated rings. The first-order chi connectivity index (χ1) is 11.4. The topological polar surface area (TPSA) is 65.1 Å². The van der Waals surface area contributed by atoms with Crippen molar-refractivity contribution in [1.82, 2.24) is 4.90 Å². The van der Waals surface area contributed by atoms with E-state index in [4.69, 9.17) is 14.2 Å². The molecule has 6 heteroatoms. The Hall–Kier alpha value is -2.08. The highest BCUT2D eigenvalue weighted by molar-refractivity contribution is 5.97. The second-order valence-corrected chi connectivity index (χ2v) is 6.10. The van der Waals surface area contributed by atoms with Crippen molar-refractivity contribution in [3.05, 3.63) is 23.3 Å². The van der Waals surface area contributed by atoms with E-state index in [0.717, 1.165) is 18.5 Å². The Labute approximate surface area is 142 Å². The minimum atomic E-state index is -0.292. The third-order valence-corrected chi connectivity index (χ3v) is 4.61. The van der Waals surface area contributed by atoms with E-state index in [1.165, 1.54) is 21.0 Å². The molecule has 0 aromatic heterocycles. The molecule has 1 saturated heterocycles. The summed E-state index contributed by atoms with van der Waals surface area (Å²) in [6.45, 7) is 4.14. The predicted octanol–water partition coefficient (Wildman–Crippen LogP) is 2.26. The van der Waals surface area contributed by atoms with Gasteiger partial charge in [0.2, 0.25) is 0 Å². The first-order valence-electron chi connectivity index (χ1n) is 7.99. The number of benzene rings is 1. The van der Waals surface area contributed by atoms with Crippen molar-refractivity contribution in [2.24, 2.45) is 0 Å². The second-order valence-electron chi connectivity index (χ2n) is 6.10. The van der Waals surface area contributed by atoms with Gasteiger partial charge in [0.25, 0.3) is 0 Å². The lowest BCUT2D eigenvalue weighted by Gasteiger charge is -2.26. The Morgan fingerprint density at radius 1 is 1.17 bits per heavy atom. The summed E-state index contributed by atoms with van der Waals surface area (Å²) in [7, 11) is 5.15. The number of likely N-dealkylation sites (tertiary alicyclic amines) is 1. The fraction of sp³-hybridized carbons (Fsp3) is 0.556. The van der Waals surface area contributed by atoms with E-state index < -0.39 is 0 Å². The lowest BCUT2D eigenvalue weighted by molar-refractivity contribution is -0.142.